The van der Waals surface area contributed by atoms with Crippen molar-refractivity contribution in [1.82, 2.24) is 4.57 Å². The van der Waals surface area contributed by atoms with Gasteiger partial charge in [-0.25, -0.2) is 0 Å². The van der Waals surface area contributed by atoms with Gasteiger partial charge in [-0.15, -0.1) is 0 Å². The van der Waals surface area contributed by atoms with Gasteiger partial charge in [-0.3, -0.25) is 4.57 Å². The zero-order chi connectivity index (χ0) is 14.8. The van der Waals surface area contributed by atoms with Gasteiger partial charge in [0.05, 0.1) is 5.69 Å². The van der Waals surface area contributed by atoms with Gasteiger partial charge in [0.25, 0.3) is 0 Å². The molecular weight excluding hydrogens is 256 g/mol. The molecule has 0 unspecified atom stereocenters. The van der Waals surface area contributed by atoms with Crippen molar-refractivity contribution in [3.63, 3.8) is 0 Å². The van der Waals surface area contributed by atoms with Crippen LogP contribution in [0, 0.1) is 6.92 Å². The Bertz CT molecular complexity index is 737. The number of hydrogen-bond donors (Lipinski definition) is 1. The van der Waals surface area contributed by atoms with Crippen LogP contribution in [0.1, 0.15) is 18.1 Å². The van der Waals surface area contributed by atoms with Crippen molar-refractivity contribution in [2.45, 2.75) is 20.3 Å². The van der Waals surface area contributed by atoms with E-state index in [0.29, 0.717) is 0 Å². The Kier molecular flexibility index (Phi) is 3.53. The smallest absolute Gasteiger partial charge is 0.108 e. The number of anilines is 1. The van der Waals surface area contributed by atoms with Gasteiger partial charge in [-0.05, 0) is 42.7 Å². The third kappa shape index (κ3) is 2.45. The predicted molar refractivity (Wildman–Crippen MR) is 89.7 cm³/mol. The standard InChI is InChI=1S/C19H20N2/c1-3-15-13-18(20)21(17-11-9-14(2)10-12-17)19(15)16-7-5-4-6-8-16/h4-13H,3,20H2,1-2H3. The lowest BCUT2D eigenvalue weighted by Gasteiger charge is -2.13. The van der Waals surface area contributed by atoms with E-state index in [1.807, 2.05) is 6.07 Å². The minimum atomic E-state index is 0.787. The van der Waals surface area contributed by atoms with Crippen molar-refractivity contribution in [2.24, 2.45) is 0 Å². The second-order valence-corrected chi connectivity index (χ2v) is 5.33. The first-order valence-electron chi connectivity index (χ1n) is 7.33. The summed E-state index contributed by atoms with van der Waals surface area (Å²) in [4.78, 5) is 0. The largest absolute Gasteiger partial charge is 0.385 e. The molecule has 2 N–H and O–H groups in total. The maximum atomic E-state index is 6.29. The molecule has 0 saturated carbocycles. The van der Waals surface area contributed by atoms with Crippen LogP contribution >= 0.6 is 0 Å². The van der Waals surface area contributed by atoms with E-state index in [0.717, 1.165) is 17.9 Å². The number of nitrogen functional groups attached to an aromatic ring is 1. The van der Waals surface area contributed by atoms with Crippen LogP contribution in [0.2, 0.25) is 0 Å². The van der Waals surface area contributed by atoms with Gasteiger partial charge in [0.1, 0.15) is 5.82 Å². The topological polar surface area (TPSA) is 30.9 Å². The molecule has 0 aliphatic carbocycles. The van der Waals surface area contributed by atoms with Crippen LogP contribution in [0.25, 0.3) is 16.9 Å². The van der Waals surface area contributed by atoms with Crippen molar-refractivity contribution in [3.8, 4) is 16.9 Å². The number of aromatic nitrogens is 1. The molecule has 2 aromatic carbocycles. The molecule has 2 heteroatoms. The first-order chi connectivity index (χ1) is 10.2. The first-order valence-corrected chi connectivity index (χ1v) is 7.33. The number of aryl methyl sites for hydroxylation is 2. The highest BCUT2D eigenvalue weighted by Gasteiger charge is 2.15. The zero-order valence-electron chi connectivity index (χ0n) is 12.5. The molecule has 0 spiro atoms. The fourth-order valence-electron chi connectivity index (χ4n) is 2.74. The van der Waals surface area contributed by atoms with E-state index in [1.54, 1.807) is 0 Å². The van der Waals surface area contributed by atoms with E-state index in [9.17, 15) is 0 Å². The third-order valence-corrected chi connectivity index (χ3v) is 3.83. The maximum Gasteiger partial charge on any atom is 0.108 e. The SMILES string of the molecule is CCc1cc(N)n(-c2ccc(C)cc2)c1-c1ccccc1. The number of nitrogens with zero attached hydrogens (tertiary/aromatic N) is 1. The minimum Gasteiger partial charge on any atom is -0.385 e. The monoisotopic (exact) mass is 276 g/mol. The van der Waals surface area contributed by atoms with Crippen LogP contribution in [-0.2, 0) is 6.42 Å². The molecule has 1 heterocycles. The highest BCUT2D eigenvalue weighted by Crippen LogP contribution is 2.32. The summed E-state index contributed by atoms with van der Waals surface area (Å²) in [5.74, 6) is 0.787. The van der Waals surface area contributed by atoms with E-state index in [2.05, 4.69) is 73.0 Å². The molecule has 3 rings (SSSR count). The summed E-state index contributed by atoms with van der Waals surface area (Å²) in [6.45, 7) is 4.26. The van der Waals surface area contributed by atoms with Crippen molar-refractivity contribution in [1.29, 1.82) is 0 Å². The molecule has 0 aliphatic heterocycles. The minimum absolute atomic E-state index is 0.787. The molecule has 0 radical (unpaired) electrons. The van der Waals surface area contributed by atoms with Gasteiger partial charge in [0.2, 0.25) is 0 Å². The average Bonchev–Trinajstić information content (AvgIpc) is 2.85. The lowest BCUT2D eigenvalue weighted by molar-refractivity contribution is 1.07. The Morgan fingerprint density at radius 1 is 0.952 bits per heavy atom. The van der Waals surface area contributed by atoms with Crippen LogP contribution in [-0.4, -0.2) is 4.57 Å². The van der Waals surface area contributed by atoms with Crippen LogP contribution in [0.3, 0.4) is 0 Å². The summed E-state index contributed by atoms with van der Waals surface area (Å²) >= 11 is 0. The zero-order valence-corrected chi connectivity index (χ0v) is 12.5. The molecular formula is C19H20N2. The molecule has 0 aliphatic rings. The van der Waals surface area contributed by atoms with Gasteiger partial charge in [0, 0.05) is 5.69 Å². The summed E-state index contributed by atoms with van der Waals surface area (Å²) in [6, 6.07) is 21.0. The van der Waals surface area contributed by atoms with E-state index in [4.69, 9.17) is 5.73 Å². The molecule has 0 amide bonds. The van der Waals surface area contributed by atoms with E-state index >= 15 is 0 Å². The van der Waals surface area contributed by atoms with Crippen LogP contribution in [0.4, 0.5) is 5.82 Å². The molecule has 2 nitrogen and oxygen atoms in total. The summed E-state index contributed by atoms with van der Waals surface area (Å²) < 4.78 is 2.15. The second-order valence-electron chi connectivity index (χ2n) is 5.33. The molecule has 21 heavy (non-hydrogen) atoms. The number of nitrogens with two attached hydrogens (primary N) is 1. The molecule has 1 aromatic heterocycles. The third-order valence-electron chi connectivity index (χ3n) is 3.83. The molecule has 0 bridgehead atoms. The van der Waals surface area contributed by atoms with E-state index < -0.39 is 0 Å². The molecule has 0 saturated heterocycles. The maximum absolute atomic E-state index is 6.29. The summed E-state index contributed by atoms with van der Waals surface area (Å²) in [5, 5.41) is 0. The molecule has 0 fully saturated rings. The normalized spacial score (nSPS) is 10.8. The van der Waals surface area contributed by atoms with Crippen molar-refractivity contribution < 1.29 is 0 Å². The van der Waals surface area contributed by atoms with Crippen molar-refractivity contribution in [2.75, 3.05) is 5.73 Å². The quantitative estimate of drug-likeness (QED) is 0.744. The van der Waals surface area contributed by atoms with Crippen LogP contribution in [0.5, 0.6) is 0 Å². The van der Waals surface area contributed by atoms with Gasteiger partial charge < -0.3 is 5.73 Å². The summed E-state index contributed by atoms with van der Waals surface area (Å²) in [5.41, 5.74) is 12.3. The van der Waals surface area contributed by atoms with E-state index in [-0.39, 0.29) is 0 Å². The average molecular weight is 276 g/mol. The Morgan fingerprint density at radius 3 is 2.24 bits per heavy atom. The highest BCUT2D eigenvalue weighted by molar-refractivity contribution is 5.71. The number of hydrogen-bond acceptors (Lipinski definition) is 1. The Balaban J connectivity index is 2.25. The fourth-order valence-corrected chi connectivity index (χ4v) is 2.74. The fraction of sp³-hybridized carbons (Fsp3) is 0.158. The van der Waals surface area contributed by atoms with Gasteiger partial charge in [0.15, 0.2) is 0 Å². The lowest BCUT2D eigenvalue weighted by Crippen LogP contribution is -2.02. The Labute approximate surface area is 125 Å². The second kappa shape index (κ2) is 5.49. The summed E-state index contributed by atoms with van der Waals surface area (Å²) in [6.07, 6.45) is 0.966. The Morgan fingerprint density at radius 2 is 1.62 bits per heavy atom. The van der Waals surface area contributed by atoms with Crippen molar-refractivity contribution >= 4 is 5.82 Å². The number of benzene rings is 2. The van der Waals surface area contributed by atoms with Crippen LogP contribution in [0.15, 0.2) is 60.7 Å². The molecule has 0 atom stereocenters. The predicted octanol–water partition coefficient (Wildman–Crippen LogP) is 4.60. The summed E-state index contributed by atoms with van der Waals surface area (Å²) in [7, 11) is 0. The van der Waals surface area contributed by atoms with Gasteiger partial charge in [-0.2, -0.15) is 0 Å². The Hall–Kier alpha value is -2.48. The van der Waals surface area contributed by atoms with Crippen molar-refractivity contribution in [3.05, 3.63) is 71.8 Å². The van der Waals surface area contributed by atoms with Gasteiger partial charge in [-0.1, -0.05) is 55.0 Å². The van der Waals surface area contributed by atoms with Gasteiger partial charge >= 0.3 is 0 Å². The number of rotatable bonds is 3. The first kappa shape index (κ1) is 13.5. The van der Waals surface area contributed by atoms with E-state index in [1.165, 1.54) is 22.4 Å². The highest BCUT2D eigenvalue weighted by atomic mass is 15.1. The molecule has 3 aromatic rings. The molecule has 106 valence electrons. The van der Waals surface area contributed by atoms with Crippen LogP contribution < -0.4 is 5.73 Å². The lowest BCUT2D eigenvalue weighted by atomic mass is 10.1.